The summed E-state index contributed by atoms with van der Waals surface area (Å²) in [5.41, 5.74) is 0.614. The van der Waals surface area contributed by atoms with Gasteiger partial charge in [-0.3, -0.25) is 0 Å². The Balaban J connectivity index is 2.17. The SMILES string of the molecule is CC1(C)OB([C@@](C)(c2ccccc2)[Si](C)(C)c2ccccc2)OC1(C)C. The molecule has 0 radical (unpaired) electrons. The fourth-order valence-electron chi connectivity index (χ4n) is 3.81. The van der Waals surface area contributed by atoms with E-state index in [1.807, 2.05) is 0 Å². The van der Waals surface area contributed by atoms with Gasteiger partial charge in [-0.25, -0.2) is 0 Å². The van der Waals surface area contributed by atoms with E-state index in [4.69, 9.17) is 9.31 Å². The third kappa shape index (κ3) is 2.88. The fraction of sp³-hybridized carbons (Fsp3) is 0.455. The molecule has 1 aliphatic rings. The smallest absolute Gasteiger partial charge is 0.403 e. The third-order valence-corrected chi connectivity index (χ3v) is 11.8. The second-order valence-electron chi connectivity index (χ2n) is 9.15. The van der Waals surface area contributed by atoms with Gasteiger partial charge in [-0.1, -0.05) is 85.9 Å². The van der Waals surface area contributed by atoms with Crippen LogP contribution in [0.4, 0.5) is 0 Å². The Bertz CT molecular complexity index is 742. The number of benzene rings is 2. The zero-order valence-electron chi connectivity index (χ0n) is 17.2. The summed E-state index contributed by atoms with van der Waals surface area (Å²) in [7, 11) is -2.29. The maximum absolute atomic E-state index is 6.60. The van der Waals surface area contributed by atoms with Crippen molar-refractivity contribution in [2.75, 3.05) is 0 Å². The molecular formula is C22H31BO2Si. The molecule has 1 saturated heterocycles. The van der Waals surface area contributed by atoms with Crippen molar-refractivity contribution in [3.05, 3.63) is 66.2 Å². The average Bonchev–Trinajstić information content (AvgIpc) is 2.83. The van der Waals surface area contributed by atoms with Crippen LogP contribution < -0.4 is 5.19 Å². The Kier molecular flexibility index (Phi) is 4.75. The van der Waals surface area contributed by atoms with Crippen LogP contribution in [-0.4, -0.2) is 26.4 Å². The van der Waals surface area contributed by atoms with Crippen LogP contribution in [0.15, 0.2) is 60.7 Å². The molecule has 138 valence electrons. The molecule has 0 saturated carbocycles. The van der Waals surface area contributed by atoms with Crippen molar-refractivity contribution in [3.63, 3.8) is 0 Å². The summed E-state index contributed by atoms with van der Waals surface area (Å²) in [6.07, 6.45) is 0. The van der Waals surface area contributed by atoms with Crippen LogP contribution >= 0.6 is 0 Å². The summed E-state index contributed by atoms with van der Waals surface area (Å²) in [6.45, 7) is 15.7. The highest BCUT2D eigenvalue weighted by Gasteiger charge is 2.63. The second-order valence-corrected chi connectivity index (χ2v) is 14.0. The maximum Gasteiger partial charge on any atom is 0.466 e. The highest BCUT2D eigenvalue weighted by atomic mass is 28.3. The minimum Gasteiger partial charge on any atom is -0.403 e. The molecule has 4 heteroatoms. The monoisotopic (exact) mass is 366 g/mol. The first-order valence-corrected chi connectivity index (χ1v) is 12.5. The summed E-state index contributed by atoms with van der Waals surface area (Å²) in [6, 6.07) is 21.7. The molecule has 1 fully saturated rings. The summed E-state index contributed by atoms with van der Waals surface area (Å²) in [5.74, 6) is 0. The lowest BCUT2D eigenvalue weighted by Crippen LogP contribution is -2.66. The maximum atomic E-state index is 6.60. The van der Waals surface area contributed by atoms with Crippen LogP contribution in [0.3, 0.4) is 0 Å². The Morgan fingerprint density at radius 2 is 1.19 bits per heavy atom. The predicted molar refractivity (Wildman–Crippen MR) is 113 cm³/mol. The van der Waals surface area contributed by atoms with Crippen molar-refractivity contribution in [3.8, 4) is 0 Å². The largest absolute Gasteiger partial charge is 0.466 e. The predicted octanol–water partition coefficient (Wildman–Crippen LogP) is 4.73. The summed E-state index contributed by atoms with van der Waals surface area (Å²) in [4.78, 5) is -0.222. The van der Waals surface area contributed by atoms with E-state index in [2.05, 4.69) is 108 Å². The molecule has 0 amide bonds. The van der Waals surface area contributed by atoms with E-state index in [0.717, 1.165) is 0 Å². The van der Waals surface area contributed by atoms with Gasteiger partial charge in [0.1, 0.15) is 0 Å². The minimum atomic E-state index is -2.01. The molecule has 3 rings (SSSR count). The van der Waals surface area contributed by atoms with Crippen molar-refractivity contribution < 1.29 is 9.31 Å². The molecular weight excluding hydrogens is 335 g/mol. The van der Waals surface area contributed by atoms with Gasteiger partial charge >= 0.3 is 7.12 Å². The molecule has 2 aromatic rings. The molecule has 2 aromatic carbocycles. The van der Waals surface area contributed by atoms with Crippen molar-refractivity contribution in [2.24, 2.45) is 0 Å². The molecule has 0 unspecified atom stereocenters. The summed E-state index contributed by atoms with van der Waals surface area (Å²) >= 11 is 0. The molecule has 1 aliphatic heterocycles. The Morgan fingerprint density at radius 3 is 1.65 bits per heavy atom. The van der Waals surface area contributed by atoms with Gasteiger partial charge < -0.3 is 9.31 Å². The van der Waals surface area contributed by atoms with Crippen LogP contribution in [-0.2, 0) is 14.2 Å². The van der Waals surface area contributed by atoms with Crippen LogP contribution in [0.1, 0.15) is 40.2 Å². The molecule has 0 N–H and O–H groups in total. The second kappa shape index (κ2) is 6.36. The van der Waals surface area contributed by atoms with Gasteiger partial charge in [-0.2, -0.15) is 0 Å². The van der Waals surface area contributed by atoms with Crippen LogP contribution in [0.25, 0.3) is 0 Å². The number of rotatable bonds is 4. The molecule has 1 heterocycles. The van der Waals surface area contributed by atoms with Crippen LogP contribution in [0, 0.1) is 0 Å². The molecule has 0 bridgehead atoms. The molecule has 0 spiro atoms. The van der Waals surface area contributed by atoms with Gasteiger partial charge in [0.15, 0.2) is 0 Å². The normalized spacial score (nSPS) is 21.4. The van der Waals surface area contributed by atoms with E-state index in [0.29, 0.717) is 0 Å². The van der Waals surface area contributed by atoms with Gasteiger partial charge in [-0.05, 0) is 33.3 Å². The molecule has 0 aromatic heterocycles. The minimum absolute atomic E-state index is 0.222. The van der Waals surface area contributed by atoms with Crippen molar-refractivity contribution in [1.82, 2.24) is 0 Å². The van der Waals surface area contributed by atoms with E-state index in [1.165, 1.54) is 10.8 Å². The number of hydrogen-bond acceptors (Lipinski definition) is 2. The van der Waals surface area contributed by atoms with Gasteiger partial charge in [-0.15, -0.1) is 0 Å². The molecule has 1 atom stereocenters. The van der Waals surface area contributed by atoms with E-state index in [9.17, 15) is 0 Å². The van der Waals surface area contributed by atoms with Gasteiger partial charge in [0.05, 0.1) is 19.3 Å². The van der Waals surface area contributed by atoms with Gasteiger partial charge in [0.2, 0.25) is 0 Å². The van der Waals surface area contributed by atoms with Crippen molar-refractivity contribution in [1.29, 1.82) is 0 Å². The lowest BCUT2D eigenvalue weighted by Gasteiger charge is -2.44. The van der Waals surface area contributed by atoms with E-state index < -0.39 is 8.07 Å². The quantitative estimate of drug-likeness (QED) is 0.729. The standard InChI is InChI=1S/C22H31BO2Si/c1-20(2)21(3,4)25-23(24-20)22(5,18-14-10-8-11-15-18)26(6,7)19-16-12-9-13-17-19/h8-17H,1-7H3/t22-/m1/s1. The number of hydrogen-bond donors (Lipinski definition) is 0. The molecule has 0 aliphatic carbocycles. The van der Waals surface area contributed by atoms with Gasteiger partial charge in [0.25, 0.3) is 0 Å². The third-order valence-electron chi connectivity index (χ3n) is 6.89. The zero-order valence-corrected chi connectivity index (χ0v) is 18.2. The van der Waals surface area contributed by atoms with Gasteiger partial charge in [0, 0.05) is 4.94 Å². The summed E-state index contributed by atoms with van der Waals surface area (Å²) in [5, 5.41) is 1.42. The van der Waals surface area contributed by atoms with E-state index in [-0.39, 0.29) is 23.3 Å². The van der Waals surface area contributed by atoms with Crippen LogP contribution in [0.5, 0.6) is 0 Å². The van der Waals surface area contributed by atoms with Crippen molar-refractivity contribution in [2.45, 2.75) is 63.9 Å². The van der Waals surface area contributed by atoms with E-state index >= 15 is 0 Å². The highest BCUT2D eigenvalue weighted by molar-refractivity contribution is 6.99. The average molecular weight is 366 g/mol. The van der Waals surface area contributed by atoms with E-state index in [1.54, 1.807) is 0 Å². The Hall–Kier alpha value is -1.36. The first kappa shape index (κ1) is 19.4. The first-order chi connectivity index (χ1) is 12.0. The topological polar surface area (TPSA) is 18.5 Å². The highest BCUT2D eigenvalue weighted by Crippen LogP contribution is 2.46. The first-order valence-electron chi connectivity index (χ1n) is 9.49. The van der Waals surface area contributed by atoms with Crippen LogP contribution in [0.2, 0.25) is 13.1 Å². The fourth-order valence-corrected chi connectivity index (χ4v) is 7.03. The lowest BCUT2D eigenvalue weighted by molar-refractivity contribution is 0.00578. The zero-order chi connectivity index (χ0) is 19.2. The molecule has 2 nitrogen and oxygen atoms in total. The Labute approximate surface area is 160 Å². The Morgan fingerprint density at radius 1 is 0.769 bits per heavy atom. The molecule has 26 heavy (non-hydrogen) atoms. The van der Waals surface area contributed by atoms with Crippen molar-refractivity contribution >= 4 is 20.4 Å². The summed E-state index contributed by atoms with van der Waals surface area (Å²) < 4.78 is 13.2. The lowest BCUT2D eigenvalue weighted by atomic mass is 9.67.